The van der Waals surface area contributed by atoms with E-state index in [0.29, 0.717) is 39.9 Å². The Morgan fingerprint density at radius 1 is 0.633 bits per heavy atom. The highest BCUT2D eigenvalue weighted by Crippen LogP contribution is 2.40. The molecule has 30 heavy (non-hydrogen) atoms. The minimum atomic E-state index is -0.233. The highest BCUT2D eigenvalue weighted by Gasteiger charge is 2.21. The van der Waals surface area contributed by atoms with Crippen LogP contribution in [0.5, 0.6) is 28.7 Å². The van der Waals surface area contributed by atoms with Crippen molar-refractivity contribution in [2.75, 3.05) is 35.5 Å². The summed E-state index contributed by atoms with van der Waals surface area (Å²) in [5.74, 6) is 2.18. The van der Waals surface area contributed by atoms with Gasteiger partial charge in [0.05, 0.1) is 41.1 Å². The van der Waals surface area contributed by atoms with Gasteiger partial charge in [0, 0.05) is 11.1 Å². The third-order valence-corrected chi connectivity index (χ3v) is 4.79. The molecule has 0 saturated heterocycles. The van der Waals surface area contributed by atoms with E-state index in [1.807, 2.05) is 30.3 Å². The fraction of sp³-hybridized carbons (Fsp3) is 0.208. The van der Waals surface area contributed by atoms with Gasteiger partial charge in [0.15, 0.2) is 17.3 Å². The zero-order chi connectivity index (χ0) is 21.7. The topological polar surface area (TPSA) is 63.2 Å². The van der Waals surface area contributed by atoms with E-state index in [1.165, 1.54) is 28.4 Å². The summed E-state index contributed by atoms with van der Waals surface area (Å²) < 4.78 is 27.0. The molecule has 0 aromatic heterocycles. The van der Waals surface area contributed by atoms with Crippen molar-refractivity contribution in [1.29, 1.82) is 0 Å². The lowest BCUT2D eigenvalue weighted by molar-refractivity contribution is 0.103. The lowest BCUT2D eigenvalue weighted by atomic mass is 9.96. The number of carbonyl (C=O) groups excluding carboxylic acids is 1. The van der Waals surface area contributed by atoms with Crippen molar-refractivity contribution < 1.29 is 28.5 Å². The number of carbonyl (C=O) groups is 1. The van der Waals surface area contributed by atoms with Crippen molar-refractivity contribution in [3.63, 3.8) is 0 Å². The van der Waals surface area contributed by atoms with Crippen LogP contribution in [0.4, 0.5) is 0 Å². The third kappa shape index (κ3) is 3.89. The number of para-hydroxylation sites is 1. The standard InChI is InChI=1S/C24H24O6/c1-26-19-9-7-6-8-17(19)15-10-11-20(27-2)18(12-15)23(25)16-13-21(28-3)24(30-5)22(14-16)29-4/h6-14H,1-5H3. The monoisotopic (exact) mass is 408 g/mol. The summed E-state index contributed by atoms with van der Waals surface area (Å²) >= 11 is 0. The zero-order valence-corrected chi connectivity index (χ0v) is 17.6. The van der Waals surface area contributed by atoms with Crippen molar-refractivity contribution in [3.05, 3.63) is 65.7 Å². The molecule has 0 fully saturated rings. The molecule has 156 valence electrons. The van der Waals surface area contributed by atoms with Crippen molar-refractivity contribution >= 4 is 5.78 Å². The van der Waals surface area contributed by atoms with Gasteiger partial charge < -0.3 is 23.7 Å². The second-order valence-corrected chi connectivity index (χ2v) is 6.36. The summed E-state index contributed by atoms with van der Waals surface area (Å²) in [6.07, 6.45) is 0. The maximum absolute atomic E-state index is 13.4. The van der Waals surface area contributed by atoms with Gasteiger partial charge in [0.25, 0.3) is 0 Å². The molecule has 6 heteroatoms. The fourth-order valence-corrected chi connectivity index (χ4v) is 3.30. The Labute approximate surface area is 175 Å². The van der Waals surface area contributed by atoms with E-state index in [-0.39, 0.29) is 5.78 Å². The average molecular weight is 408 g/mol. The van der Waals surface area contributed by atoms with Gasteiger partial charge in [-0.15, -0.1) is 0 Å². The summed E-state index contributed by atoms with van der Waals surface area (Å²) in [6.45, 7) is 0. The number of methoxy groups -OCH3 is 5. The third-order valence-electron chi connectivity index (χ3n) is 4.79. The maximum atomic E-state index is 13.4. The van der Waals surface area contributed by atoms with Crippen LogP contribution in [0.25, 0.3) is 11.1 Å². The Bertz CT molecular complexity index is 1030. The molecule has 0 saturated carbocycles. The number of hydrogen-bond donors (Lipinski definition) is 0. The first-order valence-corrected chi connectivity index (χ1v) is 9.24. The van der Waals surface area contributed by atoms with Crippen LogP contribution in [0, 0.1) is 0 Å². The van der Waals surface area contributed by atoms with Crippen molar-refractivity contribution in [2.24, 2.45) is 0 Å². The molecule has 0 aliphatic heterocycles. The van der Waals surface area contributed by atoms with Crippen molar-refractivity contribution in [2.45, 2.75) is 0 Å². The van der Waals surface area contributed by atoms with E-state index in [1.54, 1.807) is 31.4 Å². The predicted octanol–water partition coefficient (Wildman–Crippen LogP) is 4.63. The number of rotatable bonds is 8. The molecule has 0 N–H and O–H groups in total. The first-order chi connectivity index (χ1) is 14.6. The van der Waals surface area contributed by atoms with Crippen LogP contribution in [0.2, 0.25) is 0 Å². The van der Waals surface area contributed by atoms with Gasteiger partial charge >= 0.3 is 0 Å². The fourth-order valence-electron chi connectivity index (χ4n) is 3.30. The van der Waals surface area contributed by atoms with Crippen LogP contribution in [-0.2, 0) is 0 Å². The molecule has 0 spiro atoms. The lowest BCUT2D eigenvalue weighted by Crippen LogP contribution is -2.06. The first kappa shape index (κ1) is 21.0. The Kier molecular flexibility index (Phi) is 6.47. The molecule has 0 heterocycles. The SMILES string of the molecule is COc1ccc(-c2ccccc2OC)cc1C(=O)c1cc(OC)c(OC)c(OC)c1. The zero-order valence-electron chi connectivity index (χ0n) is 17.6. The molecule has 6 nitrogen and oxygen atoms in total. The second kappa shape index (κ2) is 9.22. The Morgan fingerprint density at radius 2 is 1.23 bits per heavy atom. The summed E-state index contributed by atoms with van der Waals surface area (Å²) in [5, 5.41) is 0. The van der Waals surface area contributed by atoms with Crippen molar-refractivity contribution in [3.8, 4) is 39.9 Å². The molecule has 0 amide bonds. The largest absolute Gasteiger partial charge is 0.496 e. The summed E-state index contributed by atoms with van der Waals surface area (Å²) in [4.78, 5) is 13.4. The van der Waals surface area contributed by atoms with Crippen LogP contribution in [0.15, 0.2) is 54.6 Å². The summed E-state index contributed by atoms with van der Waals surface area (Å²) in [5.41, 5.74) is 2.51. The van der Waals surface area contributed by atoms with E-state index >= 15 is 0 Å². The van der Waals surface area contributed by atoms with E-state index < -0.39 is 0 Å². The van der Waals surface area contributed by atoms with Gasteiger partial charge in [-0.2, -0.15) is 0 Å². The van der Waals surface area contributed by atoms with Gasteiger partial charge in [-0.25, -0.2) is 0 Å². The minimum Gasteiger partial charge on any atom is -0.496 e. The van der Waals surface area contributed by atoms with Crippen LogP contribution in [-0.4, -0.2) is 41.3 Å². The van der Waals surface area contributed by atoms with Gasteiger partial charge in [0.2, 0.25) is 5.75 Å². The van der Waals surface area contributed by atoms with Crippen LogP contribution in [0.1, 0.15) is 15.9 Å². The van der Waals surface area contributed by atoms with Crippen LogP contribution >= 0.6 is 0 Å². The summed E-state index contributed by atoms with van der Waals surface area (Å²) in [7, 11) is 7.68. The van der Waals surface area contributed by atoms with E-state index in [9.17, 15) is 4.79 Å². The molecule has 0 aliphatic carbocycles. The second-order valence-electron chi connectivity index (χ2n) is 6.36. The molecule has 3 rings (SSSR count). The predicted molar refractivity (Wildman–Crippen MR) is 115 cm³/mol. The molecule has 0 atom stereocenters. The lowest BCUT2D eigenvalue weighted by Gasteiger charge is -2.15. The molecule has 0 radical (unpaired) electrons. The molecule has 0 bridgehead atoms. The van der Waals surface area contributed by atoms with Crippen molar-refractivity contribution in [1.82, 2.24) is 0 Å². The molecule has 3 aromatic carbocycles. The first-order valence-electron chi connectivity index (χ1n) is 9.24. The number of hydrogen-bond acceptors (Lipinski definition) is 6. The molecule has 3 aromatic rings. The Hall–Kier alpha value is -3.67. The van der Waals surface area contributed by atoms with Gasteiger partial charge in [-0.3, -0.25) is 4.79 Å². The maximum Gasteiger partial charge on any atom is 0.203 e. The van der Waals surface area contributed by atoms with Gasteiger partial charge in [-0.1, -0.05) is 24.3 Å². The van der Waals surface area contributed by atoms with E-state index in [2.05, 4.69) is 0 Å². The van der Waals surface area contributed by atoms with Gasteiger partial charge in [0.1, 0.15) is 11.5 Å². The molecular weight excluding hydrogens is 384 g/mol. The molecule has 0 aliphatic rings. The number of ketones is 1. The average Bonchev–Trinajstić information content (AvgIpc) is 2.81. The van der Waals surface area contributed by atoms with Gasteiger partial charge in [-0.05, 0) is 35.9 Å². The Morgan fingerprint density at radius 3 is 1.80 bits per heavy atom. The Balaban J connectivity index is 2.14. The van der Waals surface area contributed by atoms with E-state index in [4.69, 9.17) is 23.7 Å². The normalized spacial score (nSPS) is 10.3. The summed E-state index contributed by atoms with van der Waals surface area (Å²) in [6, 6.07) is 16.3. The molecular formula is C24H24O6. The number of ether oxygens (including phenoxy) is 5. The quantitative estimate of drug-likeness (QED) is 0.507. The van der Waals surface area contributed by atoms with Crippen LogP contribution in [0.3, 0.4) is 0 Å². The highest BCUT2D eigenvalue weighted by atomic mass is 16.5. The van der Waals surface area contributed by atoms with Crippen LogP contribution < -0.4 is 23.7 Å². The molecule has 0 unspecified atom stereocenters. The minimum absolute atomic E-state index is 0.233. The van der Waals surface area contributed by atoms with E-state index in [0.717, 1.165) is 11.1 Å². The highest BCUT2D eigenvalue weighted by molar-refractivity contribution is 6.12. The number of benzene rings is 3. The smallest absolute Gasteiger partial charge is 0.203 e.